The van der Waals surface area contributed by atoms with Gasteiger partial charge in [-0.3, -0.25) is 0 Å². The third kappa shape index (κ3) is 3.97. The summed E-state index contributed by atoms with van der Waals surface area (Å²) in [6.07, 6.45) is 0. The van der Waals surface area contributed by atoms with Crippen molar-refractivity contribution in [3.63, 3.8) is 0 Å². The van der Waals surface area contributed by atoms with Gasteiger partial charge in [0.05, 0.1) is 12.3 Å². The van der Waals surface area contributed by atoms with Gasteiger partial charge in [-0.25, -0.2) is 0 Å². The summed E-state index contributed by atoms with van der Waals surface area (Å²) in [6.45, 7) is 0. The molecule has 0 bridgehead atoms. The molecule has 10 aromatic rings. The van der Waals surface area contributed by atoms with Gasteiger partial charge in [-0.2, -0.15) is 0 Å². The maximum Gasteiger partial charge on any atom is 0.143 e. The van der Waals surface area contributed by atoms with E-state index in [0.717, 1.165) is 54.6 Å². The number of hydrogen-bond acceptors (Lipinski definition) is 1. The molecule has 218 valence electrons. The van der Waals surface area contributed by atoms with Gasteiger partial charge >= 0.3 is 0 Å². The molecule has 0 saturated heterocycles. The van der Waals surface area contributed by atoms with E-state index >= 15 is 0 Å². The first kappa shape index (κ1) is 18.7. The Balaban J connectivity index is 1.36. The quantitative estimate of drug-likeness (QED) is 0.183. The third-order valence-corrected chi connectivity index (χ3v) is 9.11. The average Bonchev–Trinajstić information content (AvgIpc) is 3.63. The second-order valence-corrected chi connectivity index (χ2v) is 11.7. The number of rotatable bonds is 3. The molecule has 0 atom stereocenters. The fourth-order valence-electron chi connectivity index (χ4n) is 7.04. The number of furan rings is 1. The van der Waals surface area contributed by atoms with Crippen LogP contribution in [0.1, 0.15) is 12.3 Å². The van der Waals surface area contributed by atoms with Gasteiger partial charge in [0.2, 0.25) is 0 Å². The standard InChI is InChI=1S/C46H28O/c1-2-12-29(13-3-1)33-26-31-15-5-6-16-34(31)42(28-33)45-38-20-10-8-18-36(38)44(37-19-9-11-21-39(37)45)32-23-25-43-41(27-32)40-24-22-30-14-4-7-17-35(30)46(40)47-43/h1-28H/i4D,7D,14D,17D,22D,23D,24D,25D,27D. The smallest absolute Gasteiger partial charge is 0.143 e. The van der Waals surface area contributed by atoms with Crippen LogP contribution in [0, 0.1) is 0 Å². The average molecular weight is 606 g/mol. The van der Waals surface area contributed by atoms with Gasteiger partial charge in [-0.05, 0) is 101 Å². The predicted molar refractivity (Wildman–Crippen MR) is 200 cm³/mol. The molecule has 0 aliphatic carbocycles. The molecule has 1 heteroatoms. The van der Waals surface area contributed by atoms with E-state index in [4.69, 9.17) is 12.6 Å². The second-order valence-electron chi connectivity index (χ2n) is 11.7. The number of hydrogen-bond donors (Lipinski definition) is 0. The summed E-state index contributed by atoms with van der Waals surface area (Å²) >= 11 is 0. The third-order valence-electron chi connectivity index (χ3n) is 9.11. The first-order chi connectivity index (χ1) is 27.1. The van der Waals surface area contributed by atoms with Crippen LogP contribution in [-0.2, 0) is 0 Å². The fourth-order valence-corrected chi connectivity index (χ4v) is 7.04. The molecule has 10 rings (SSSR count). The molecule has 9 aromatic carbocycles. The van der Waals surface area contributed by atoms with Gasteiger partial charge in [0.25, 0.3) is 0 Å². The van der Waals surface area contributed by atoms with Crippen molar-refractivity contribution in [3.05, 3.63) is 170 Å². The Morgan fingerprint density at radius 2 is 1.06 bits per heavy atom. The molecule has 0 unspecified atom stereocenters. The van der Waals surface area contributed by atoms with Crippen LogP contribution >= 0.6 is 0 Å². The molecular weight excluding hydrogens is 569 g/mol. The van der Waals surface area contributed by atoms with Crippen molar-refractivity contribution in [3.8, 4) is 33.4 Å². The van der Waals surface area contributed by atoms with E-state index in [9.17, 15) is 4.11 Å². The maximum absolute atomic E-state index is 9.80. The van der Waals surface area contributed by atoms with Gasteiger partial charge in [-0.1, -0.05) is 139 Å². The van der Waals surface area contributed by atoms with Gasteiger partial charge in [0.15, 0.2) is 0 Å². The van der Waals surface area contributed by atoms with Crippen LogP contribution in [0.2, 0.25) is 0 Å². The van der Waals surface area contributed by atoms with Crippen LogP contribution in [0.4, 0.5) is 0 Å². The SMILES string of the molecule is [2H]c1c(-c2c3ccccc3c(-c3cc(-c4ccccc4)cc4ccccc34)c3ccccc23)c([2H])c2c(oc3c4c([2H])c([2H])c([2H])c([2H])c4c([2H])c([2H])c32)c1[2H]. The summed E-state index contributed by atoms with van der Waals surface area (Å²) in [5.74, 6) is 0. The lowest BCUT2D eigenvalue weighted by Crippen LogP contribution is -1.92. The van der Waals surface area contributed by atoms with Crippen LogP contribution in [0.5, 0.6) is 0 Å². The van der Waals surface area contributed by atoms with E-state index < -0.39 is 30.2 Å². The summed E-state index contributed by atoms with van der Waals surface area (Å²) in [5.41, 5.74) is 4.62. The molecule has 0 spiro atoms. The highest BCUT2D eigenvalue weighted by Gasteiger charge is 2.20. The van der Waals surface area contributed by atoms with Crippen LogP contribution in [0.25, 0.3) is 98.4 Å². The molecule has 1 aromatic heterocycles. The van der Waals surface area contributed by atoms with Crippen molar-refractivity contribution in [1.82, 2.24) is 0 Å². The molecule has 47 heavy (non-hydrogen) atoms. The van der Waals surface area contributed by atoms with Gasteiger partial charge in [-0.15, -0.1) is 0 Å². The zero-order chi connectivity index (χ0) is 38.7. The molecule has 1 nitrogen and oxygen atoms in total. The van der Waals surface area contributed by atoms with E-state index in [2.05, 4.69) is 36.4 Å². The Morgan fingerprint density at radius 1 is 0.404 bits per heavy atom. The second kappa shape index (κ2) is 10.2. The molecule has 0 saturated carbocycles. The van der Waals surface area contributed by atoms with Crippen molar-refractivity contribution in [2.75, 3.05) is 0 Å². The van der Waals surface area contributed by atoms with Crippen molar-refractivity contribution in [2.45, 2.75) is 0 Å². The lowest BCUT2D eigenvalue weighted by Gasteiger charge is -2.19. The van der Waals surface area contributed by atoms with Crippen LogP contribution in [0.3, 0.4) is 0 Å². The van der Waals surface area contributed by atoms with Crippen molar-refractivity contribution in [2.24, 2.45) is 0 Å². The normalized spacial score (nSPS) is 14.5. The molecule has 0 N–H and O–H groups in total. The lowest BCUT2D eigenvalue weighted by molar-refractivity contribution is 0.672. The summed E-state index contributed by atoms with van der Waals surface area (Å²) in [4.78, 5) is 0. The molecule has 0 fully saturated rings. The minimum Gasteiger partial charge on any atom is -0.455 e. The number of fused-ring (bicyclic) bond motifs is 8. The highest BCUT2D eigenvalue weighted by molar-refractivity contribution is 6.24. The maximum atomic E-state index is 9.80. The first-order valence-electron chi connectivity index (χ1n) is 20.0. The van der Waals surface area contributed by atoms with Gasteiger partial charge in [0.1, 0.15) is 11.2 Å². The predicted octanol–water partition coefficient (Wildman–Crippen LogP) is 13.2. The van der Waals surface area contributed by atoms with Crippen molar-refractivity contribution in [1.29, 1.82) is 0 Å². The Labute approximate surface area is 284 Å². The van der Waals surface area contributed by atoms with E-state index in [1.54, 1.807) is 0 Å². The number of benzene rings is 9. The molecule has 0 amide bonds. The summed E-state index contributed by atoms with van der Waals surface area (Å²) in [7, 11) is 0. The topological polar surface area (TPSA) is 13.1 Å². The molecular formula is C46H28O. The Hall–Kier alpha value is -6.18. The first-order valence-corrected chi connectivity index (χ1v) is 15.5. The molecule has 1 heterocycles. The Bertz CT molecular complexity index is 3300. The zero-order valence-corrected chi connectivity index (χ0v) is 24.9. The monoisotopic (exact) mass is 605 g/mol. The summed E-state index contributed by atoms with van der Waals surface area (Å²) < 4.78 is 86.5. The Morgan fingerprint density at radius 3 is 1.83 bits per heavy atom. The minimum atomic E-state index is -0.536. The van der Waals surface area contributed by atoms with E-state index in [1.807, 2.05) is 78.9 Å². The molecule has 0 aliphatic rings. The van der Waals surface area contributed by atoms with Crippen molar-refractivity contribution >= 4 is 65.0 Å². The highest BCUT2D eigenvalue weighted by Crippen LogP contribution is 2.47. The van der Waals surface area contributed by atoms with E-state index in [-0.39, 0.29) is 62.4 Å². The highest BCUT2D eigenvalue weighted by atomic mass is 16.3. The van der Waals surface area contributed by atoms with Crippen LogP contribution in [0.15, 0.2) is 174 Å². The Kier molecular flexibility index (Phi) is 4.05. The summed E-state index contributed by atoms with van der Waals surface area (Å²) in [6, 6.07) is 35.1. The fraction of sp³-hybridized carbons (Fsp3) is 0. The van der Waals surface area contributed by atoms with E-state index in [1.165, 1.54) is 0 Å². The molecule has 0 aliphatic heterocycles. The van der Waals surface area contributed by atoms with Gasteiger partial charge in [0, 0.05) is 16.2 Å². The van der Waals surface area contributed by atoms with Crippen LogP contribution in [-0.4, -0.2) is 0 Å². The van der Waals surface area contributed by atoms with Crippen molar-refractivity contribution < 1.29 is 16.8 Å². The largest absolute Gasteiger partial charge is 0.455 e. The molecule has 0 radical (unpaired) electrons. The van der Waals surface area contributed by atoms with E-state index in [0.29, 0.717) is 5.56 Å². The van der Waals surface area contributed by atoms with Crippen LogP contribution < -0.4 is 0 Å². The zero-order valence-electron chi connectivity index (χ0n) is 33.9. The van der Waals surface area contributed by atoms with Gasteiger partial charge < -0.3 is 4.42 Å². The summed E-state index contributed by atoms with van der Waals surface area (Å²) in [5, 5.41) is 5.21. The minimum absolute atomic E-state index is 0.00305. The lowest BCUT2D eigenvalue weighted by atomic mass is 9.83.